The Balaban J connectivity index is 2.35. The lowest BCUT2D eigenvalue weighted by Gasteiger charge is -2.16. The van der Waals surface area contributed by atoms with Crippen molar-refractivity contribution < 1.29 is 13.2 Å². The minimum atomic E-state index is -4.49. The molecule has 0 saturated carbocycles. The number of hydrogen-bond acceptors (Lipinski definition) is 6. The van der Waals surface area contributed by atoms with E-state index in [1.165, 1.54) is 4.90 Å². The van der Waals surface area contributed by atoms with E-state index in [1.54, 1.807) is 44.4 Å². The van der Waals surface area contributed by atoms with E-state index in [0.29, 0.717) is 11.3 Å². The summed E-state index contributed by atoms with van der Waals surface area (Å²) in [5.74, 6) is -0.294. The molecule has 0 unspecified atom stereocenters. The summed E-state index contributed by atoms with van der Waals surface area (Å²) in [4.78, 5) is 5.74. The standard InChI is InChI=1S/C17H16F3N7/c1-27(2)15-8-11(17(18,19)20)7-13(24-15)10-3-5-12(6-4-10)25-26-14(9-21)16(22)23/h3-8,25H,1-2H3,(H3,22,23)/b26-14+. The lowest BCUT2D eigenvalue weighted by atomic mass is 10.1. The van der Waals surface area contributed by atoms with E-state index in [2.05, 4.69) is 15.5 Å². The Bertz CT molecular complexity index is 910. The Morgan fingerprint density at radius 1 is 1.26 bits per heavy atom. The van der Waals surface area contributed by atoms with Gasteiger partial charge in [-0.2, -0.15) is 23.5 Å². The number of nitrogens with zero attached hydrogens (tertiary/aromatic N) is 4. The van der Waals surface area contributed by atoms with Gasteiger partial charge in [-0.25, -0.2) is 4.98 Å². The van der Waals surface area contributed by atoms with Crippen LogP contribution in [0.5, 0.6) is 0 Å². The minimum Gasteiger partial charge on any atom is -0.382 e. The third-order valence-corrected chi connectivity index (χ3v) is 3.44. The molecular weight excluding hydrogens is 359 g/mol. The smallest absolute Gasteiger partial charge is 0.382 e. The summed E-state index contributed by atoms with van der Waals surface area (Å²) in [7, 11) is 3.22. The van der Waals surface area contributed by atoms with Crippen LogP contribution in [-0.2, 0) is 6.18 Å². The molecule has 4 N–H and O–H groups in total. The number of halogens is 3. The maximum absolute atomic E-state index is 13.1. The molecule has 0 aliphatic rings. The maximum atomic E-state index is 13.1. The highest BCUT2D eigenvalue weighted by Gasteiger charge is 2.32. The van der Waals surface area contributed by atoms with Crippen molar-refractivity contribution >= 4 is 23.1 Å². The van der Waals surface area contributed by atoms with Gasteiger partial charge in [0.2, 0.25) is 5.71 Å². The highest BCUT2D eigenvalue weighted by atomic mass is 19.4. The minimum absolute atomic E-state index is 0.171. The lowest BCUT2D eigenvalue weighted by molar-refractivity contribution is -0.137. The fraction of sp³-hybridized carbons (Fsp3) is 0.176. The molecule has 0 fully saturated rings. The average molecular weight is 375 g/mol. The van der Waals surface area contributed by atoms with Gasteiger partial charge in [0, 0.05) is 19.7 Å². The van der Waals surface area contributed by atoms with Crippen molar-refractivity contribution in [3.63, 3.8) is 0 Å². The molecule has 0 bridgehead atoms. The van der Waals surface area contributed by atoms with Gasteiger partial charge in [-0.15, -0.1) is 0 Å². The maximum Gasteiger partial charge on any atom is 0.416 e. The summed E-state index contributed by atoms with van der Waals surface area (Å²) in [6.45, 7) is 0. The van der Waals surface area contributed by atoms with E-state index in [1.807, 2.05) is 0 Å². The van der Waals surface area contributed by atoms with Gasteiger partial charge in [0.25, 0.3) is 0 Å². The zero-order valence-corrected chi connectivity index (χ0v) is 14.5. The highest BCUT2D eigenvalue weighted by Crippen LogP contribution is 2.34. The number of benzene rings is 1. The number of nitrogens with two attached hydrogens (primary N) is 1. The average Bonchev–Trinajstić information content (AvgIpc) is 2.61. The molecule has 0 saturated heterocycles. The largest absolute Gasteiger partial charge is 0.416 e. The zero-order chi connectivity index (χ0) is 20.2. The Morgan fingerprint density at radius 2 is 1.89 bits per heavy atom. The Hall–Kier alpha value is -3.61. The third kappa shape index (κ3) is 4.94. The fourth-order valence-electron chi connectivity index (χ4n) is 2.04. The number of pyridine rings is 1. The van der Waals surface area contributed by atoms with E-state index >= 15 is 0 Å². The molecule has 0 radical (unpaired) electrons. The van der Waals surface area contributed by atoms with Crippen LogP contribution in [0.3, 0.4) is 0 Å². The van der Waals surface area contributed by atoms with Crippen LogP contribution in [0.15, 0.2) is 41.5 Å². The van der Waals surface area contributed by atoms with Gasteiger partial charge in [-0.1, -0.05) is 12.1 Å². The number of aromatic nitrogens is 1. The predicted octanol–water partition coefficient (Wildman–Crippen LogP) is 3.06. The second-order valence-electron chi connectivity index (χ2n) is 5.67. The number of alkyl halides is 3. The number of rotatable bonds is 5. The van der Waals surface area contributed by atoms with Crippen LogP contribution in [0.4, 0.5) is 24.7 Å². The van der Waals surface area contributed by atoms with Crippen molar-refractivity contribution in [3.05, 3.63) is 42.0 Å². The van der Waals surface area contributed by atoms with Gasteiger partial charge >= 0.3 is 6.18 Å². The molecule has 10 heteroatoms. The molecule has 0 spiro atoms. The molecule has 1 aromatic heterocycles. The number of hydrogen-bond donors (Lipinski definition) is 3. The summed E-state index contributed by atoms with van der Waals surface area (Å²) in [6, 6.07) is 9.89. The van der Waals surface area contributed by atoms with E-state index in [-0.39, 0.29) is 17.2 Å². The quantitative estimate of drug-likeness (QED) is 0.422. The summed E-state index contributed by atoms with van der Waals surface area (Å²) in [5.41, 5.74) is 7.78. The van der Waals surface area contributed by atoms with Gasteiger partial charge in [-0.3, -0.25) is 10.8 Å². The van der Waals surface area contributed by atoms with Crippen molar-refractivity contribution in [2.24, 2.45) is 10.8 Å². The number of anilines is 2. The first-order valence-corrected chi connectivity index (χ1v) is 7.57. The third-order valence-electron chi connectivity index (χ3n) is 3.44. The normalized spacial score (nSPS) is 11.6. The highest BCUT2D eigenvalue weighted by molar-refractivity contribution is 6.45. The molecule has 7 nitrogen and oxygen atoms in total. The summed E-state index contributed by atoms with van der Waals surface area (Å²) in [6.07, 6.45) is -4.49. The summed E-state index contributed by atoms with van der Waals surface area (Å²) >= 11 is 0. The van der Waals surface area contributed by atoms with E-state index < -0.39 is 17.6 Å². The monoisotopic (exact) mass is 375 g/mol. The van der Waals surface area contributed by atoms with Gasteiger partial charge < -0.3 is 10.6 Å². The summed E-state index contributed by atoms with van der Waals surface area (Å²) in [5, 5.41) is 19.6. The van der Waals surface area contributed by atoms with Crippen LogP contribution in [0.1, 0.15) is 5.56 Å². The Morgan fingerprint density at radius 3 is 2.37 bits per heavy atom. The Labute approximate surface area is 153 Å². The van der Waals surface area contributed by atoms with Crippen LogP contribution in [-0.4, -0.2) is 30.6 Å². The zero-order valence-electron chi connectivity index (χ0n) is 14.5. The molecule has 140 valence electrons. The second-order valence-corrected chi connectivity index (χ2v) is 5.67. The molecule has 0 amide bonds. The van der Waals surface area contributed by atoms with Gasteiger partial charge in [0.05, 0.1) is 16.9 Å². The molecule has 1 heterocycles. The van der Waals surface area contributed by atoms with Crippen molar-refractivity contribution in [3.8, 4) is 17.3 Å². The molecular formula is C17H16F3N7. The van der Waals surface area contributed by atoms with Crippen molar-refractivity contribution in [2.75, 3.05) is 24.4 Å². The van der Waals surface area contributed by atoms with Gasteiger partial charge in [0.15, 0.2) is 5.84 Å². The molecule has 2 aromatic rings. The molecule has 0 aliphatic heterocycles. The van der Waals surface area contributed by atoms with Crippen LogP contribution in [0, 0.1) is 16.7 Å². The van der Waals surface area contributed by atoms with Crippen LogP contribution in [0.25, 0.3) is 11.3 Å². The van der Waals surface area contributed by atoms with Crippen molar-refractivity contribution in [1.29, 1.82) is 10.7 Å². The lowest BCUT2D eigenvalue weighted by Crippen LogP contribution is -2.21. The van der Waals surface area contributed by atoms with Gasteiger partial charge in [0.1, 0.15) is 11.9 Å². The Kier molecular flexibility index (Phi) is 5.65. The predicted molar refractivity (Wildman–Crippen MR) is 97.6 cm³/mol. The van der Waals surface area contributed by atoms with E-state index in [9.17, 15) is 13.2 Å². The fourth-order valence-corrected chi connectivity index (χ4v) is 2.04. The van der Waals surface area contributed by atoms with Crippen LogP contribution < -0.4 is 16.1 Å². The van der Waals surface area contributed by atoms with Crippen molar-refractivity contribution in [2.45, 2.75) is 6.18 Å². The molecule has 0 atom stereocenters. The number of amidine groups is 1. The van der Waals surface area contributed by atoms with E-state index in [4.69, 9.17) is 16.4 Å². The number of nitriles is 1. The van der Waals surface area contributed by atoms with Crippen molar-refractivity contribution in [1.82, 2.24) is 4.98 Å². The first kappa shape index (κ1) is 19.7. The first-order valence-electron chi connectivity index (χ1n) is 7.57. The second kappa shape index (κ2) is 7.74. The van der Waals surface area contributed by atoms with E-state index in [0.717, 1.165) is 12.1 Å². The molecule has 2 rings (SSSR count). The number of nitrogens with one attached hydrogen (secondary N) is 2. The SMILES string of the molecule is CN(C)c1cc(C(F)(F)F)cc(-c2ccc(N/N=C(\C#N)C(=N)N)cc2)n1. The van der Waals surface area contributed by atoms with Crippen LogP contribution in [0.2, 0.25) is 0 Å². The van der Waals surface area contributed by atoms with Crippen LogP contribution >= 0.6 is 0 Å². The molecule has 27 heavy (non-hydrogen) atoms. The summed E-state index contributed by atoms with van der Waals surface area (Å²) < 4.78 is 39.4. The first-order chi connectivity index (χ1) is 12.6. The topological polar surface area (TPSA) is 114 Å². The van der Waals surface area contributed by atoms with Gasteiger partial charge in [-0.05, 0) is 24.3 Å². The molecule has 1 aromatic carbocycles. The molecule has 0 aliphatic carbocycles. The number of hydrazone groups is 1.